The molecule has 0 spiro atoms. The molecule has 102 valence electrons. The van der Waals surface area contributed by atoms with Gasteiger partial charge in [-0.25, -0.2) is 9.37 Å². The molecule has 0 fully saturated rings. The van der Waals surface area contributed by atoms with E-state index in [1.165, 1.54) is 12.1 Å². The van der Waals surface area contributed by atoms with Crippen LogP contribution in [0.5, 0.6) is 0 Å². The molecule has 0 saturated carbocycles. The first kappa shape index (κ1) is 12.8. The van der Waals surface area contributed by atoms with Gasteiger partial charge in [-0.15, -0.1) is 11.3 Å². The summed E-state index contributed by atoms with van der Waals surface area (Å²) < 4.78 is 13.1. The Balaban J connectivity index is 1.82. The van der Waals surface area contributed by atoms with Gasteiger partial charge in [0, 0.05) is 4.88 Å². The molecule has 2 N–H and O–H groups in total. The second-order valence-electron chi connectivity index (χ2n) is 4.46. The van der Waals surface area contributed by atoms with Gasteiger partial charge in [-0.05, 0) is 36.6 Å². The molecule has 2 aromatic heterocycles. The second-order valence-corrected chi connectivity index (χ2v) is 5.44. The zero-order valence-electron chi connectivity index (χ0n) is 10.7. The molecule has 0 radical (unpaired) electrons. The van der Waals surface area contributed by atoms with E-state index in [1.54, 1.807) is 17.4 Å². The van der Waals surface area contributed by atoms with Crippen LogP contribution in [0.1, 0.15) is 28.5 Å². The Morgan fingerprint density at radius 3 is 3.05 bits per heavy atom. The number of H-pyrrole nitrogens is 1. The van der Waals surface area contributed by atoms with Gasteiger partial charge in [-0.3, -0.25) is 4.79 Å². The molecule has 0 aliphatic heterocycles. The molecule has 0 bridgehead atoms. The fourth-order valence-corrected chi connectivity index (χ4v) is 2.70. The summed E-state index contributed by atoms with van der Waals surface area (Å²) in [5.74, 6) is -0.475. The maximum atomic E-state index is 13.1. The van der Waals surface area contributed by atoms with E-state index >= 15 is 0 Å². The lowest BCUT2D eigenvalue weighted by Crippen LogP contribution is -2.27. The highest BCUT2D eigenvalue weighted by Gasteiger charge is 2.15. The summed E-state index contributed by atoms with van der Waals surface area (Å²) in [7, 11) is 0. The predicted octanol–water partition coefficient (Wildman–Crippen LogP) is 3.25. The molecule has 1 unspecified atom stereocenters. The van der Waals surface area contributed by atoms with E-state index in [2.05, 4.69) is 15.3 Å². The minimum absolute atomic E-state index is 0.0903. The van der Waals surface area contributed by atoms with Gasteiger partial charge in [-0.1, -0.05) is 6.07 Å². The van der Waals surface area contributed by atoms with Crippen LogP contribution >= 0.6 is 11.3 Å². The SMILES string of the molecule is CC(NC(=O)c1nc2ccc(F)cc2[nH]1)c1cccs1. The summed E-state index contributed by atoms with van der Waals surface area (Å²) in [6, 6.07) is 7.99. The third-order valence-electron chi connectivity index (χ3n) is 2.98. The van der Waals surface area contributed by atoms with Crippen LogP contribution in [-0.2, 0) is 0 Å². The average Bonchev–Trinajstić information content (AvgIpc) is 3.07. The number of fused-ring (bicyclic) bond motifs is 1. The van der Waals surface area contributed by atoms with Crippen LogP contribution < -0.4 is 5.32 Å². The smallest absolute Gasteiger partial charge is 0.287 e. The summed E-state index contributed by atoms with van der Waals surface area (Å²) in [4.78, 5) is 20.2. The highest BCUT2D eigenvalue weighted by atomic mass is 32.1. The van der Waals surface area contributed by atoms with Crippen molar-refractivity contribution in [1.29, 1.82) is 0 Å². The zero-order chi connectivity index (χ0) is 14.1. The van der Waals surface area contributed by atoms with E-state index in [9.17, 15) is 9.18 Å². The molecule has 4 nitrogen and oxygen atoms in total. The Hall–Kier alpha value is -2.21. The van der Waals surface area contributed by atoms with Gasteiger partial charge in [0.05, 0.1) is 17.1 Å². The zero-order valence-corrected chi connectivity index (χ0v) is 11.5. The monoisotopic (exact) mass is 289 g/mol. The minimum atomic E-state index is -0.361. The van der Waals surface area contributed by atoms with Gasteiger partial charge < -0.3 is 10.3 Å². The maximum Gasteiger partial charge on any atom is 0.287 e. The van der Waals surface area contributed by atoms with E-state index in [-0.39, 0.29) is 23.6 Å². The number of amides is 1. The van der Waals surface area contributed by atoms with Gasteiger partial charge in [0.15, 0.2) is 5.82 Å². The molecule has 0 aliphatic carbocycles. The fraction of sp³-hybridized carbons (Fsp3) is 0.143. The van der Waals surface area contributed by atoms with Crippen molar-refractivity contribution in [3.05, 3.63) is 52.2 Å². The minimum Gasteiger partial charge on any atom is -0.342 e. The standard InChI is InChI=1S/C14H12FN3OS/c1-8(12-3-2-6-20-12)16-14(19)13-17-10-5-4-9(15)7-11(10)18-13/h2-8H,1H3,(H,16,19)(H,17,18). The molecule has 0 saturated heterocycles. The van der Waals surface area contributed by atoms with Crippen LogP contribution in [0, 0.1) is 5.82 Å². The van der Waals surface area contributed by atoms with Gasteiger partial charge in [0.25, 0.3) is 5.91 Å². The highest BCUT2D eigenvalue weighted by molar-refractivity contribution is 7.10. The Kier molecular flexibility index (Phi) is 3.23. The second kappa shape index (κ2) is 5.05. The first-order valence-electron chi connectivity index (χ1n) is 6.13. The van der Waals surface area contributed by atoms with Crippen molar-refractivity contribution in [2.45, 2.75) is 13.0 Å². The first-order chi connectivity index (χ1) is 9.63. The number of rotatable bonds is 3. The number of imidazole rings is 1. The van der Waals surface area contributed by atoms with E-state index in [0.29, 0.717) is 11.0 Å². The van der Waals surface area contributed by atoms with Crippen molar-refractivity contribution in [2.24, 2.45) is 0 Å². The number of thiophene rings is 1. The van der Waals surface area contributed by atoms with Crippen molar-refractivity contribution in [2.75, 3.05) is 0 Å². The number of hydrogen-bond donors (Lipinski definition) is 2. The number of carbonyl (C=O) groups is 1. The molecule has 3 rings (SSSR count). The van der Waals surface area contributed by atoms with Crippen molar-refractivity contribution in [1.82, 2.24) is 15.3 Å². The number of nitrogens with one attached hydrogen (secondary N) is 2. The van der Waals surface area contributed by atoms with E-state index < -0.39 is 0 Å². The van der Waals surface area contributed by atoms with Crippen LogP contribution in [-0.4, -0.2) is 15.9 Å². The molecule has 20 heavy (non-hydrogen) atoms. The molecule has 0 aliphatic rings. The predicted molar refractivity (Wildman–Crippen MR) is 76.3 cm³/mol. The van der Waals surface area contributed by atoms with Crippen LogP contribution in [0.2, 0.25) is 0 Å². The third-order valence-corrected chi connectivity index (χ3v) is 4.03. The third kappa shape index (κ3) is 2.42. The Labute approximate surface area is 118 Å². The van der Waals surface area contributed by atoms with Crippen molar-refractivity contribution in [3.63, 3.8) is 0 Å². The Morgan fingerprint density at radius 2 is 2.30 bits per heavy atom. The quantitative estimate of drug-likeness (QED) is 0.777. The fourth-order valence-electron chi connectivity index (χ4n) is 1.96. The number of aromatic amines is 1. The summed E-state index contributed by atoms with van der Waals surface area (Å²) in [6.07, 6.45) is 0. The van der Waals surface area contributed by atoms with E-state index in [0.717, 1.165) is 4.88 Å². The van der Waals surface area contributed by atoms with Crippen LogP contribution in [0.25, 0.3) is 11.0 Å². The first-order valence-corrected chi connectivity index (χ1v) is 7.01. The number of nitrogens with zero attached hydrogens (tertiary/aromatic N) is 1. The summed E-state index contributed by atoms with van der Waals surface area (Å²) >= 11 is 1.58. The summed E-state index contributed by atoms with van der Waals surface area (Å²) in [5, 5.41) is 4.82. The molecular formula is C14H12FN3OS. The Morgan fingerprint density at radius 1 is 1.45 bits per heavy atom. The normalized spacial score (nSPS) is 12.5. The maximum absolute atomic E-state index is 13.1. The molecule has 1 aromatic carbocycles. The lowest BCUT2D eigenvalue weighted by Gasteiger charge is -2.10. The Bertz CT molecular complexity index is 751. The van der Waals surface area contributed by atoms with Gasteiger partial charge in [-0.2, -0.15) is 0 Å². The largest absolute Gasteiger partial charge is 0.342 e. The molecular weight excluding hydrogens is 277 g/mol. The topological polar surface area (TPSA) is 57.8 Å². The molecule has 3 aromatic rings. The number of benzene rings is 1. The van der Waals surface area contributed by atoms with Crippen molar-refractivity contribution in [3.8, 4) is 0 Å². The number of carbonyl (C=O) groups excluding carboxylic acids is 1. The van der Waals surface area contributed by atoms with Crippen LogP contribution in [0.3, 0.4) is 0 Å². The van der Waals surface area contributed by atoms with E-state index in [1.807, 2.05) is 24.4 Å². The number of halogens is 1. The number of aromatic nitrogens is 2. The van der Waals surface area contributed by atoms with Gasteiger partial charge in [0.2, 0.25) is 0 Å². The van der Waals surface area contributed by atoms with Crippen molar-refractivity contribution < 1.29 is 9.18 Å². The lowest BCUT2D eigenvalue weighted by atomic mass is 10.3. The summed E-state index contributed by atoms with van der Waals surface area (Å²) in [6.45, 7) is 1.91. The average molecular weight is 289 g/mol. The number of hydrogen-bond acceptors (Lipinski definition) is 3. The summed E-state index contributed by atoms with van der Waals surface area (Å²) in [5.41, 5.74) is 1.08. The van der Waals surface area contributed by atoms with E-state index in [4.69, 9.17) is 0 Å². The molecule has 6 heteroatoms. The molecule has 2 heterocycles. The molecule has 1 atom stereocenters. The molecule has 1 amide bonds. The van der Waals surface area contributed by atoms with Gasteiger partial charge in [0.1, 0.15) is 5.82 Å². The van der Waals surface area contributed by atoms with Crippen LogP contribution in [0.15, 0.2) is 35.7 Å². The van der Waals surface area contributed by atoms with Gasteiger partial charge >= 0.3 is 0 Å². The van der Waals surface area contributed by atoms with Crippen molar-refractivity contribution >= 4 is 28.3 Å². The van der Waals surface area contributed by atoms with Crippen LogP contribution in [0.4, 0.5) is 4.39 Å². The lowest BCUT2D eigenvalue weighted by molar-refractivity contribution is 0.0931. The highest BCUT2D eigenvalue weighted by Crippen LogP contribution is 2.19.